The van der Waals surface area contributed by atoms with Crippen molar-refractivity contribution in [3.8, 4) is 0 Å². The number of nitrogens with one attached hydrogen (secondary N) is 1. The summed E-state index contributed by atoms with van der Waals surface area (Å²) in [6, 6.07) is 0.641. The SMILES string of the molecule is Cc1nn(C2CCCCC2O)c(C)c1CNC(C)C. The minimum absolute atomic E-state index is 0.167. The van der Waals surface area contributed by atoms with E-state index in [0.717, 1.165) is 31.5 Å². The van der Waals surface area contributed by atoms with E-state index in [1.54, 1.807) is 0 Å². The summed E-state index contributed by atoms with van der Waals surface area (Å²) >= 11 is 0. The smallest absolute Gasteiger partial charge is 0.0781 e. The van der Waals surface area contributed by atoms with Crippen LogP contribution in [0.3, 0.4) is 0 Å². The van der Waals surface area contributed by atoms with Crippen molar-refractivity contribution in [3.05, 3.63) is 17.0 Å². The molecule has 0 aromatic carbocycles. The molecular formula is C15H27N3O. The van der Waals surface area contributed by atoms with Crippen LogP contribution >= 0.6 is 0 Å². The molecule has 2 N–H and O–H groups in total. The van der Waals surface area contributed by atoms with Gasteiger partial charge in [0.05, 0.1) is 17.8 Å². The molecule has 1 fully saturated rings. The number of aliphatic hydroxyl groups is 1. The van der Waals surface area contributed by atoms with Crippen LogP contribution in [0.15, 0.2) is 0 Å². The predicted octanol–water partition coefficient (Wildman–Crippen LogP) is 2.47. The summed E-state index contributed by atoms with van der Waals surface area (Å²) in [5.74, 6) is 0. The summed E-state index contributed by atoms with van der Waals surface area (Å²) in [6.07, 6.45) is 4.04. The lowest BCUT2D eigenvalue weighted by atomic mass is 9.92. The fourth-order valence-corrected chi connectivity index (χ4v) is 2.96. The van der Waals surface area contributed by atoms with Gasteiger partial charge in [-0.2, -0.15) is 5.10 Å². The first-order chi connectivity index (χ1) is 9.00. The van der Waals surface area contributed by atoms with Crippen LogP contribution in [-0.4, -0.2) is 27.0 Å². The largest absolute Gasteiger partial charge is 0.391 e. The summed E-state index contributed by atoms with van der Waals surface area (Å²) in [4.78, 5) is 0. The van der Waals surface area contributed by atoms with E-state index in [-0.39, 0.29) is 12.1 Å². The van der Waals surface area contributed by atoms with E-state index in [1.165, 1.54) is 17.7 Å². The minimum atomic E-state index is -0.238. The van der Waals surface area contributed by atoms with Gasteiger partial charge in [-0.15, -0.1) is 0 Å². The molecule has 0 bridgehead atoms. The number of aryl methyl sites for hydroxylation is 1. The van der Waals surface area contributed by atoms with Crippen LogP contribution in [-0.2, 0) is 6.54 Å². The molecule has 0 radical (unpaired) electrons. The third kappa shape index (κ3) is 3.18. The Morgan fingerprint density at radius 2 is 2.00 bits per heavy atom. The van der Waals surface area contributed by atoms with Crippen LogP contribution in [0.1, 0.15) is 62.5 Å². The highest BCUT2D eigenvalue weighted by atomic mass is 16.3. The molecule has 19 heavy (non-hydrogen) atoms. The summed E-state index contributed by atoms with van der Waals surface area (Å²) in [5.41, 5.74) is 3.58. The van der Waals surface area contributed by atoms with Gasteiger partial charge in [0.25, 0.3) is 0 Å². The first-order valence-electron chi connectivity index (χ1n) is 7.46. The Bertz CT molecular complexity index is 425. The van der Waals surface area contributed by atoms with E-state index in [4.69, 9.17) is 0 Å². The van der Waals surface area contributed by atoms with Crippen molar-refractivity contribution in [3.63, 3.8) is 0 Å². The van der Waals surface area contributed by atoms with Crippen molar-refractivity contribution in [2.24, 2.45) is 0 Å². The average Bonchev–Trinajstić information content (AvgIpc) is 2.63. The number of hydrogen-bond donors (Lipinski definition) is 2. The van der Waals surface area contributed by atoms with Crippen LogP contribution in [0.5, 0.6) is 0 Å². The summed E-state index contributed by atoms with van der Waals surface area (Å²) in [7, 11) is 0. The van der Waals surface area contributed by atoms with Gasteiger partial charge in [-0.25, -0.2) is 0 Å². The molecule has 0 amide bonds. The van der Waals surface area contributed by atoms with Crippen LogP contribution in [0.4, 0.5) is 0 Å². The molecule has 1 aliphatic rings. The summed E-state index contributed by atoms with van der Waals surface area (Å²) < 4.78 is 2.07. The summed E-state index contributed by atoms with van der Waals surface area (Å²) in [5, 5.41) is 18.3. The summed E-state index contributed by atoms with van der Waals surface area (Å²) in [6.45, 7) is 9.35. The molecule has 4 nitrogen and oxygen atoms in total. The van der Waals surface area contributed by atoms with E-state index in [1.807, 2.05) is 0 Å². The number of rotatable bonds is 4. The normalized spacial score (nSPS) is 24.1. The molecule has 1 aliphatic carbocycles. The van der Waals surface area contributed by atoms with Gasteiger partial charge in [0.1, 0.15) is 0 Å². The van der Waals surface area contributed by atoms with Crippen LogP contribution in [0.25, 0.3) is 0 Å². The average molecular weight is 265 g/mol. The van der Waals surface area contributed by atoms with E-state index < -0.39 is 0 Å². The second kappa shape index (κ2) is 6.06. The van der Waals surface area contributed by atoms with Gasteiger partial charge >= 0.3 is 0 Å². The number of hydrogen-bond acceptors (Lipinski definition) is 3. The van der Waals surface area contributed by atoms with Gasteiger partial charge in [-0.3, -0.25) is 4.68 Å². The van der Waals surface area contributed by atoms with Gasteiger partial charge in [-0.1, -0.05) is 26.7 Å². The molecule has 4 heteroatoms. The standard InChI is InChI=1S/C15H27N3O/c1-10(2)16-9-13-11(3)17-18(12(13)4)14-7-5-6-8-15(14)19/h10,14-16,19H,5-9H2,1-4H3. The fraction of sp³-hybridized carbons (Fsp3) is 0.800. The Kier molecular flexibility index (Phi) is 4.63. The molecule has 1 aromatic rings. The number of aliphatic hydroxyl groups excluding tert-OH is 1. The Balaban J connectivity index is 2.20. The molecule has 1 saturated carbocycles. The Hall–Kier alpha value is -0.870. The maximum Gasteiger partial charge on any atom is 0.0781 e. The topological polar surface area (TPSA) is 50.1 Å². The Morgan fingerprint density at radius 3 is 2.63 bits per heavy atom. The highest BCUT2D eigenvalue weighted by molar-refractivity contribution is 5.25. The molecule has 0 aliphatic heterocycles. The van der Waals surface area contributed by atoms with Gasteiger partial charge in [0.15, 0.2) is 0 Å². The Morgan fingerprint density at radius 1 is 1.32 bits per heavy atom. The van der Waals surface area contributed by atoms with Crippen LogP contribution in [0, 0.1) is 13.8 Å². The Labute approximate surface area is 116 Å². The quantitative estimate of drug-likeness (QED) is 0.879. The maximum atomic E-state index is 10.2. The molecule has 2 unspecified atom stereocenters. The third-order valence-electron chi connectivity index (χ3n) is 4.17. The molecule has 2 atom stereocenters. The van der Waals surface area contributed by atoms with Gasteiger partial charge in [-0.05, 0) is 26.7 Å². The third-order valence-corrected chi connectivity index (χ3v) is 4.17. The molecule has 2 rings (SSSR count). The fourth-order valence-electron chi connectivity index (χ4n) is 2.96. The molecule has 1 heterocycles. The second-order valence-corrected chi connectivity index (χ2v) is 6.05. The molecule has 108 valence electrons. The maximum absolute atomic E-state index is 10.2. The second-order valence-electron chi connectivity index (χ2n) is 6.05. The highest BCUT2D eigenvalue weighted by Gasteiger charge is 2.27. The number of nitrogens with zero attached hydrogens (tertiary/aromatic N) is 2. The van der Waals surface area contributed by atoms with Crippen molar-refractivity contribution in [1.29, 1.82) is 0 Å². The van der Waals surface area contributed by atoms with Gasteiger partial charge in [0, 0.05) is 23.8 Å². The monoisotopic (exact) mass is 265 g/mol. The zero-order chi connectivity index (χ0) is 14.0. The first-order valence-corrected chi connectivity index (χ1v) is 7.46. The van der Waals surface area contributed by atoms with Crippen molar-refractivity contribution >= 4 is 0 Å². The van der Waals surface area contributed by atoms with Crippen molar-refractivity contribution in [1.82, 2.24) is 15.1 Å². The molecule has 0 saturated heterocycles. The van der Waals surface area contributed by atoms with Crippen molar-refractivity contribution in [2.75, 3.05) is 0 Å². The van der Waals surface area contributed by atoms with E-state index in [0.29, 0.717) is 6.04 Å². The highest BCUT2D eigenvalue weighted by Crippen LogP contribution is 2.30. The van der Waals surface area contributed by atoms with E-state index in [9.17, 15) is 5.11 Å². The van der Waals surface area contributed by atoms with Gasteiger partial charge in [0.2, 0.25) is 0 Å². The zero-order valence-corrected chi connectivity index (χ0v) is 12.6. The predicted molar refractivity (Wildman–Crippen MR) is 77.2 cm³/mol. The van der Waals surface area contributed by atoms with Gasteiger partial charge < -0.3 is 10.4 Å². The first kappa shape index (κ1) is 14.5. The zero-order valence-electron chi connectivity index (χ0n) is 12.6. The number of aromatic nitrogens is 2. The van der Waals surface area contributed by atoms with E-state index >= 15 is 0 Å². The van der Waals surface area contributed by atoms with Crippen molar-refractivity contribution in [2.45, 2.75) is 78.1 Å². The van der Waals surface area contributed by atoms with Crippen molar-refractivity contribution < 1.29 is 5.11 Å². The lowest BCUT2D eigenvalue weighted by molar-refractivity contribution is 0.0682. The lowest BCUT2D eigenvalue weighted by Crippen LogP contribution is -2.29. The lowest BCUT2D eigenvalue weighted by Gasteiger charge is -2.28. The molecular weight excluding hydrogens is 238 g/mol. The molecule has 1 aromatic heterocycles. The molecule has 0 spiro atoms. The minimum Gasteiger partial charge on any atom is -0.391 e. The van der Waals surface area contributed by atoms with Crippen LogP contribution in [0.2, 0.25) is 0 Å². The van der Waals surface area contributed by atoms with E-state index in [2.05, 4.69) is 42.8 Å². The van der Waals surface area contributed by atoms with Crippen LogP contribution < -0.4 is 5.32 Å².